The van der Waals surface area contributed by atoms with Crippen molar-refractivity contribution in [2.45, 2.75) is 38.6 Å². The molecule has 0 aliphatic heterocycles. The van der Waals surface area contributed by atoms with Gasteiger partial charge in [-0.25, -0.2) is 0 Å². The van der Waals surface area contributed by atoms with Gasteiger partial charge in [0.15, 0.2) is 0 Å². The number of aliphatic hydroxyl groups is 1. The van der Waals surface area contributed by atoms with Gasteiger partial charge in [0.1, 0.15) is 0 Å². The van der Waals surface area contributed by atoms with E-state index < -0.39 is 0 Å². The van der Waals surface area contributed by atoms with Crippen molar-refractivity contribution in [1.29, 1.82) is 0 Å². The smallest absolute Gasteiger partial charge is 0.0771 e. The molecule has 1 aromatic rings. The SMILES string of the molecule is OCCC#Cc1ccc(CN(CC2CC2)CC2CC2)s1. The summed E-state index contributed by atoms with van der Waals surface area (Å²) in [6.45, 7) is 3.83. The Morgan fingerprint density at radius 3 is 2.45 bits per heavy atom. The number of hydrogen-bond acceptors (Lipinski definition) is 3. The highest BCUT2D eigenvalue weighted by molar-refractivity contribution is 7.12. The molecule has 3 heteroatoms. The molecule has 0 amide bonds. The first-order valence-electron chi connectivity index (χ1n) is 7.74. The molecule has 1 N–H and O–H groups in total. The van der Waals surface area contributed by atoms with E-state index in [0.717, 1.165) is 23.3 Å². The minimum Gasteiger partial charge on any atom is -0.395 e. The summed E-state index contributed by atoms with van der Waals surface area (Å²) in [7, 11) is 0. The maximum atomic E-state index is 8.74. The summed E-state index contributed by atoms with van der Waals surface area (Å²) in [4.78, 5) is 5.22. The monoisotopic (exact) mass is 289 g/mol. The Hall–Kier alpha value is -0.820. The van der Waals surface area contributed by atoms with Crippen molar-refractivity contribution in [3.05, 3.63) is 21.9 Å². The van der Waals surface area contributed by atoms with Crippen LogP contribution in [-0.4, -0.2) is 29.7 Å². The van der Waals surface area contributed by atoms with Crippen molar-refractivity contribution in [2.75, 3.05) is 19.7 Å². The van der Waals surface area contributed by atoms with Crippen LogP contribution in [0.25, 0.3) is 0 Å². The molecule has 2 fully saturated rings. The van der Waals surface area contributed by atoms with E-state index in [2.05, 4.69) is 28.9 Å². The molecular formula is C17H23NOS. The normalized spacial score (nSPS) is 18.1. The van der Waals surface area contributed by atoms with Crippen molar-refractivity contribution in [3.8, 4) is 11.8 Å². The fourth-order valence-corrected chi connectivity index (χ4v) is 3.42. The van der Waals surface area contributed by atoms with Crippen molar-refractivity contribution in [3.63, 3.8) is 0 Å². The third kappa shape index (κ3) is 4.63. The molecule has 1 aromatic heterocycles. The van der Waals surface area contributed by atoms with Crippen molar-refractivity contribution in [2.24, 2.45) is 11.8 Å². The van der Waals surface area contributed by atoms with E-state index in [1.54, 1.807) is 0 Å². The topological polar surface area (TPSA) is 23.5 Å². The summed E-state index contributed by atoms with van der Waals surface area (Å²) in [5.74, 6) is 8.07. The van der Waals surface area contributed by atoms with Gasteiger partial charge in [0.25, 0.3) is 0 Å². The number of aliphatic hydroxyl groups excluding tert-OH is 1. The Bertz CT molecular complexity index is 477. The summed E-state index contributed by atoms with van der Waals surface area (Å²) >= 11 is 1.81. The molecule has 0 radical (unpaired) electrons. The summed E-state index contributed by atoms with van der Waals surface area (Å²) in [5, 5.41) is 8.74. The standard InChI is InChI=1S/C17H23NOS/c19-10-2-1-3-16-8-9-17(20-16)13-18(11-14-4-5-14)12-15-6-7-15/h8-9,14-15,19H,2,4-7,10-13H2. The molecule has 0 aromatic carbocycles. The molecule has 0 atom stereocenters. The summed E-state index contributed by atoms with van der Waals surface area (Å²) in [6, 6.07) is 4.34. The van der Waals surface area contributed by atoms with E-state index in [1.165, 1.54) is 43.6 Å². The molecule has 2 aliphatic carbocycles. The Balaban J connectivity index is 1.55. The van der Waals surface area contributed by atoms with E-state index in [9.17, 15) is 0 Å². The molecule has 0 unspecified atom stereocenters. The highest BCUT2D eigenvalue weighted by Crippen LogP contribution is 2.34. The fourth-order valence-electron chi connectivity index (χ4n) is 2.49. The second kappa shape index (κ2) is 6.76. The van der Waals surface area contributed by atoms with Gasteiger partial charge in [-0.2, -0.15) is 0 Å². The molecular weight excluding hydrogens is 266 g/mol. The van der Waals surface area contributed by atoms with Crippen LogP contribution >= 0.6 is 11.3 Å². The van der Waals surface area contributed by atoms with Crippen LogP contribution in [0.3, 0.4) is 0 Å². The van der Waals surface area contributed by atoms with Crippen LogP contribution in [0.2, 0.25) is 0 Å². The van der Waals surface area contributed by atoms with Gasteiger partial charge in [-0.05, 0) is 49.7 Å². The zero-order valence-electron chi connectivity index (χ0n) is 12.0. The molecule has 2 aliphatic rings. The zero-order valence-corrected chi connectivity index (χ0v) is 12.8. The van der Waals surface area contributed by atoms with Crippen LogP contribution in [0, 0.1) is 23.7 Å². The maximum absolute atomic E-state index is 8.74. The maximum Gasteiger partial charge on any atom is 0.0771 e. The van der Waals surface area contributed by atoms with Crippen LogP contribution in [0.4, 0.5) is 0 Å². The molecule has 0 bridgehead atoms. The molecule has 0 spiro atoms. The third-order valence-electron chi connectivity index (χ3n) is 3.92. The Kier molecular flexibility index (Phi) is 4.77. The number of thiophene rings is 1. The van der Waals surface area contributed by atoms with Crippen LogP contribution in [0.15, 0.2) is 12.1 Å². The summed E-state index contributed by atoms with van der Waals surface area (Å²) < 4.78 is 0. The number of nitrogens with zero attached hydrogens (tertiary/aromatic N) is 1. The van der Waals surface area contributed by atoms with Crippen LogP contribution in [0.5, 0.6) is 0 Å². The minimum absolute atomic E-state index is 0.155. The summed E-state index contributed by atoms with van der Waals surface area (Å²) in [5.41, 5.74) is 0. The molecule has 2 nitrogen and oxygen atoms in total. The highest BCUT2D eigenvalue weighted by atomic mass is 32.1. The van der Waals surface area contributed by atoms with Gasteiger partial charge in [-0.3, -0.25) is 4.90 Å². The average Bonchev–Trinajstić information content (AvgIpc) is 3.34. The van der Waals surface area contributed by atoms with E-state index in [4.69, 9.17) is 5.11 Å². The van der Waals surface area contributed by atoms with E-state index in [1.807, 2.05) is 11.3 Å². The number of hydrogen-bond donors (Lipinski definition) is 1. The third-order valence-corrected chi connectivity index (χ3v) is 4.90. The Morgan fingerprint density at radius 2 is 1.85 bits per heavy atom. The van der Waals surface area contributed by atoms with E-state index in [-0.39, 0.29) is 6.61 Å². The van der Waals surface area contributed by atoms with Gasteiger partial charge in [-0.15, -0.1) is 11.3 Å². The van der Waals surface area contributed by atoms with Crippen molar-refractivity contribution < 1.29 is 5.11 Å². The Morgan fingerprint density at radius 1 is 1.15 bits per heavy atom. The van der Waals surface area contributed by atoms with Gasteiger partial charge < -0.3 is 5.11 Å². The molecule has 1 heterocycles. The predicted molar refractivity (Wildman–Crippen MR) is 83.6 cm³/mol. The molecule has 0 saturated heterocycles. The largest absolute Gasteiger partial charge is 0.395 e. The lowest BCUT2D eigenvalue weighted by atomic mass is 10.3. The second-order valence-electron chi connectivity index (χ2n) is 6.12. The minimum atomic E-state index is 0.155. The van der Waals surface area contributed by atoms with E-state index in [0.29, 0.717) is 6.42 Å². The first-order chi connectivity index (χ1) is 9.83. The number of rotatable bonds is 7. The van der Waals surface area contributed by atoms with Crippen molar-refractivity contribution >= 4 is 11.3 Å². The van der Waals surface area contributed by atoms with Gasteiger partial charge in [0.05, 0.1) is 11.5 Å². The van der Waals surface area contributed by atoms with Crippen molar-refractivity contribution in [1.82, 2.24) is 4.90 Å². The quantitative estimate of drug-likeness (QED) is 0.780. The molecule has 3 rings (SSSR count). The lowest BCUT2D eigenvalue weighted by Crippen LogP contribution is -2.27. The lowest BCUT2D eigenvalue weighted by molar-refractivity contribution is 0.246. The Labute approximate surface area is 125 Å². The zero-order chi connectivity index (χ0) is 13.8. The first kappa shape index (κ1) is 14.1. The van der Waals surface area contributed by atoms with Gasteiger partial charge >= 0.3 is 0 Å². The molecule has 108 valence electrons. The highest BCUT2D eigenvalue weighted by Gasteiger charge is 2.29. The fraction of sp³-hybridized carbons (Fsp3) is 0.647. The van der Waals surface area contributed by atoms with Gasteiger partial charge in [0.2, 0.25) is 0 Å². The first-order valence-corrected chi connectivity index (χ1v) is 8.56. The average molecular weight is 289 g/mol. The van der Waals surface area contributed by atoms with E-state index >= 15 is 0 Å². The summed E-state index contributed by atoms with van der Waals surface area (Å²) in [6.07, 6.45) is 6.31. The second-order valence-corrected chi connectivity index (χ2v) is 7.29. The van der Waals surface area contributed by atoms with Gasteiger partial charge in [0, 0.05) is 30.9 Å². The molecule has 20 heavy (non-hydrogen) atoms. The van der Waals surface area contributed by atoms with Crippen LogP contribution in [0.1, 0.15) is 41.9 Å². The van der Waals surface area contributed by atoms with Gasteiger partial charge in [-0.1, -0.05) is 11.8 Å². The van der Waals surface area contributed by atoms with Crippen LogP contribution < -0.4 is 0 Å². The lowest BCUT2D eigenvalue weighted by Gasteiger charge is -2.21. The predicted octanol–water partition coefficient (Wildman–Crippen LogP) is 3.10. The van der Waals surface area contributed by atoms with Crippen LogP contribution in [-0.2, 0) is 6.54 Å². The molecule has 2 saturated carbocycles.